The zero-order valence-electron chi connectivity index (χ0n) is 29.1. The van der Waals surface area contributed by atoms with Crippen LogP contribution in [0.25, 0.3) is 39.1 Å². The molecule has 0 fully saturated rings. The van der Waals surface area contributed by atoms with Crippen LogP contribution >= 0.6 is 0 Å². The van der Waals surface area contributed by atoms with E-state index < -0.39 is 0 Å². The molecule has 6 aromatic rings. The summed E-state index contributed by atoms with van der Waals surface area (Å²) in [5.74, 6) is 0. The molecule has 0 aliphatic heterocycles. The molecule has 0 N–H and O–H groups in total. The first kappa shape index (κ1) is 28.7. The summed E-state index contributed by atoms with van der Waals surface area (Å²) in [5, 5.41) is 2.51. The van der Waals surface area contributed by atoms with E-state index in [-0.39, 0.29) is 5.41 Å². The van der Waals surface area contributed by atoms with Crippen LogP contribution in [0.2, 0.25) is 0 Å². The molecule has 6 aliphatic carbocycles. The monoisotopic (exact) mass is 663 g/mol. The van der Waals surface area contributed by atoms with Gasteiger partial charge in [-0.15, -0.1) is 0 Å². The van der Waals surface area contributed by atoms with Crippen molar-refractivity contribution in [1.82, 2.24) is 0 Å². The van der Waals surface area contributed by atoms with E-state index in [1.54, 1.807) is 27.9 Å². The van der Waals surface area contributed by atoms with Crippen LogP contribution in [0.1, 0.15) is 65.5 Å². The highest BCUT2D eigenvalue weighted by Crippen LogP contribution is 2.72. The molecule has 1 spiro atoms. The topological polar surface area (TPSA) is 3.24 Å². The van der Waals surface area contributed by atoms with Crippen LogP contribution in [-0.4, -0.2) is 0 Å². The normalized spacial score (nSPS) is 19.9. The second kappa shape index (κ2) is 10.6. The first-order valence-electron chi connectivity index (χ1n) is 19.1. The third kappa shape index (κ3) is 3.73. The van der Waals surface area contributed by atoms with E-state index in [0.29, 0.717) is 0 Å². The average molecular weight is 664 g/mol. The van der Waals surface area contributed by atoms with Crippen LogP contribution in [-0.2, 0) is 11.8 Å². The molecular formula is C51H37N. The number of rotatable bonds is 4. The summed E-state index contributed by atoms with van der Waals surface area (Å²) in [7, 11) is 0. The van der Waals surface area contributed by atoms with Crippen molar-refractivity contribution >= 4 is 45.1 Å². The molecule has 0 heterocycles. The van der Waals surface area contributed by atoms with Crippen LogP contribution in [0.4, 0.5) is 17.1 Å². The minimum absolute atomic E-state index is 0.223. The molecule has 1 unspecified atom stereocenters. The molecule has 0 saturated carbocycles. The number of anilines is 3. The van der Waals surface area contributed by atoms with Gasteiger partial charge < -0.3 is 4.90 Å². The van der Waals surface area contributed by atoms with E-state index in [1.165, 1.54) is 77.9 Å². The van der Waals surface area contributed by atoms with E-state index in [0.717, 1.165) is 38.5 Å². The summed E-state index contributed by atoms with van der Waals surface area (Å²) in [6.45, 7) is 0. The minimum Gasteiger partial charge on any atom is -0.310 e. The predicted octanol–water partition coefficient (Wildman–Crippen LogP) is 13.2. The predicted molar refractivity (Wildman–Crippen MR) is 217 cm³/mol. The van der Waals surface area contributed by atoms with Crippen molar-refractivity contribution in [2.24, 2.45) is 0 Å². The molecule has 1 atom stereocenters. The summed E-state index contributed by atoms with van der Waals surface area (Å²) in [5.41, 5.74) is 23.9. The van der Waals surface area contributed by atoms with Crippen molar-refractivity contribution in [3.05, 3.63) is 201 Å². The largest absolute Gasteiger partial charge is 0.310 e. The van der Waals surface area contributed by atoms with Crippen LogP contribution in [0, 0.1) is 0 Å². The fourth-order valence-corrected chi connectivity index (χ4v) is 10.7. The SMILES string of the molecule is C1=Cc2ccc(-c3cccc(N(c4ccc5c(c4)C46C7=C(CCC=C75)C5=CCCC(=C54)c4ccccc46)c4ccc5ccccc5c4)c3)cc2CC1. The van der Waals surface area contributed by atoms with Crippen molar-refractivity contribution in [2.75, 3.05) is 4.90 Å². The smallest absolute Gasteiger partial charge is 0.0731 e. The lowest BCUT2D eigenvalue weighted by Crippen LogP contribution is -2.25. The van der Waals surface area contributed by atoms with Crippen molar-refractivity contribution in [3.8, 4) is 11.1 Å². The molecule has 246 valence electrons. The van der Waals surface area contributed by atoms with E-state index in [9.17, 15) is 0 Å². The maximum absolute atomic E-state index is 2.57. The van der Waals surface area contributed by atoms with Gasteiger partial charge >= 0.3 is 0 Å². The third-order valence-electron chi connectivity index (χ3n) is 12.8. The molecule has 0 bridgehead atoms. The van der Waals surface area contributed by atoms with E-state index in [2.05, 4.69) is 157 Å². The molecule has 52 heavy (non-hydrogen) atoms. The van der Waals surface area contributed by atoms with Crippen molar-refractivity contribution in [1.29, 1.82) is 0 Å². The number of fused-ring (bicyclic) bond motifs is 7. The Morgan fingerprint density at radius 3 is 2.21 bits per heavy atom. The van der Waals surface area contributed by atoms with Crippen molar-refractivity contribution in [3.63, 3.8) is 0 Å². The fraction of sp³-hybridized carbons (Fsp3) is 0.137. The van der Waals surface area contributed by atoms with E-state index >= 15 is 0 Å². The Morgan fingerprint density at radius 2 is 1.25 bits per heavy atom. The summed E-state index contributed by atoms with van der Waals surface area (Å²) in [6, 6.07) is 48.6. The second-order valence-electron chi connectivity index (χ2n) is 15.3. The quantitative estimate of drug-likeness (QED) is 0.181. The summed E-state index contributed by atoms with van der Waals surface area (Å²) in [6.07, 6.45) is 16.4. The highest BCUT2D eigenvalue weighted by atomic mass is 15.1. The van der Waals surface area contributed by atoms with Gasteiger partial charge in [0.1, 0.15) is 0 Å². The summed E-state index contributed by atoms with van der Waals surface area (Å²) in [4.78, 5) is 2.50. The van der Waals surface area contributed by atoms with Crippen LogP contribution in [0.15, 0.2) is 168 Å². The molecular weight excluding hydrogens is 627 g/mol. The Labute approximate surface area is 305 Å². The number of nitrogens with zero attached hydrogens (tertiary/aromatic N) is 1. The molecule has 1 nitrogen and oxygen atoms in total. The number of benzene rings is 6. The molecule has 0 saturated heterocycles. The van der Waals surface area contributed by atoms with Crippen LogP contribution in [0.3, 0.4) is 0 Å². The number of allylic oxidation sites excluding steroid dienone is 9. The highest BCUT2D eigenvalue weighted by molar-refractivity contribution is 6.07. The molecule has 12 rings (SSSR count). The van der Waals surface area contributed by atoms with Gasteiger partial charge in [-0.3, -0.25) is 0 Å². The first-order chi connectivity index (χ1) is 25.8. The number of hydrogen-bond donors (Lipinski definition) is 0. The van der Waals surface area contributed by atoms with Crippen molar-refractivity contribution in [2.45, 2.75) is 43.9 Å². The van der Waals surface area contributed by atoms with E-state index in [1.807, 2.05) is 0 Å². The first-order valence-corrected chi connectivity index (χ1v) is 19.1. The minimum atomic E-state index is -0.223. The molecule has 0 aromatic heterocycles. The summed E-state index contributed by atoms with van der Waals surface area (Å²) >= 11 is 0. The Kier molecular flexibility index (Phi) is 5.84. The lowest BCUT2D eigenvalue weighted by Gasteiger charge is -2.31. The lowest BCUT2D eigenvalue weighted by molar-refractivity contribution is 0.794. The Hall–Kier alpha value is -5.92. The van der Waals surface area contributed by atoms with Crippen LogP contribution in [0.5, 0.6) is 0 Å². The van der Waals surface area contributed by atoms with E-state index in [4.69, 9.17) is 0 Å². The Bertz CT molecular complexity index is 2740. The zero-order valence-corrected chi connectivity index (χ0v) is 29.1. The fourth-order valence-electron chi connectivity index (χ4n) is 10.7. The van der Waals surface area contributed by atoms with Gasteiger partial charge in [0, 0.05) is 17.1 Å². The number of aryl methyl sites for hydroxylation is 1. The lowest BCUT2D eigenvalue weighted by atomic mass is 9.71. The van der Waals surface area contributed by atoms with Gasteiger partial charge in [-0.05, 0) is 164 Å². The second-order valence-corrected chi connectivity index (χ2v) is 15.3. The molecule has 0 radical (unpaired) electrons. The van der Waals surface area contributed by atoms with Gasteiger partial charge in [0.05, 0.1) is 5.41 Å². The molecule has 0 amide bonds. The average Bonchev–Trinajstić information content (AvgIpc) is 3.80. The Balaban J connectivity index is 1.09. The maximum atomic E-state index is 2.57. The zero-order chi connectivity index (χ0) is 34.0. The Morgan fingerprint density at radius 1 is 0.481 bits per heavy atom. The third-order valence-corrected chi connectivity index (χ3v) is 12.8. The van der Waals surface area contributed by atoms with Crippen molar-refractivity contribution < 1.29 is 0 Å². The molecule has 6 aromatic carbocycles. The van der Waals surface area contributed by atoms with Gasteiger partial charge in [-0.1, -0.05) is 115 Å². The molecule has 6 aliphatic rings. The standard InChI is InChI=1S/C51H37N/c1-3-12-34-28-37(23-22-32(34)10-1)36-14-7-15-38(30-36)52(39-25-24-33-11-2-4-13-35(33)29-39)40-26-27-42-44-18-9-20-46-45-19-8-17-43-41-16-5-6-21-47(41)51(49(43)45,50(44)46)48(42)31-40/h1-2,4-7,10-11,13-16,18-19,21-31H,3,8-9,12,17,20H2. The van der Waals surface area contributed by atoms with Gasteiger partial charge in [0.25, 0.3) is 0 Å². The number of hydrogen-bond acceptors (Lipinski definition) is 1. The highest BCUT2D eigenvalue weighted by Gasteiger charge is 2.61. The van der Waals surface area contributed by atoms with Gasteiger partial charge in [-0.2, -0.15) is 0 Å². The maximum Gasteiger partial charge on any atom is 0.0731 e. The summed E-state index contributed by atoms with van der Waals surface area (Å²) < 4.78 is 0. The van der Waals surface area contributed by atoms with Gasteiger partial charge in [-0.25, -0.2) is 0 Å². The van der Waals surface area contributed by atoms with Crippen LogP contribution < -0.4 is 4.90 Å². The van der Waals surface area contributed by atoms with Gasteiger partial charge in [0.15, 0.2) is 0 Å². The van der Waals surface area contributed by atoms with Gasteiger partial charge in [0.2, 0.25) is 0 Å². The molecule has 1 heteroatoms.